The molecule has 1 rings (SSSR count). The number of carbonyl (C=O) groups is 1. The number of rotatable bonds is 5. The summed E-state index contributed by atoms with van der Waals surface area (Å²) >= 11 is 0. The van der Waals surface area contributed by atoms with Crippen molar-refractivity contribution in [2.45, 2.75) is 58.1 Å². The van der Waals surface area contributed by atoms with Gasteiger partial charge >= 0.3 is 5.97 Å². The molecule has 0 aliphatic heterocycles. The van der Waals surface area contributed by atoms with Crippen LogP contribution in [-0.4, -0.2) is 34.4 Å². The monoisotopic (exact) mass is 243 g/mol. The van der Waals surface area contributed by atoms with Crippen molar-refractivity contribution in [3.05, 3.63) is 0 Å². The van der Waals surface area contributed by atoms with E-state index in [-0.39, 0.29) is 5.92 Å². The fourth-order valence-corrected chi connectivity index (χ4v) is 2.17. The summed E-state index contributed by atoms with van der Waals surface area (Å²) in [4.78, 5) is 10.8. The van der Waals surface area contributed by atoms with Crippen LogP contribution in [-0.2, 0) is 4.79 Å². The van der Waals surface area contributed by atoms with E-state index in [0.717, 1.165) is 0 Å². The third-order valence-electron chi connectivity index (χ3n) is 4.02. The average molecular weight is 243 g/mol. The maximum atomic E-state index is 10.8. The van der Waals surface area contributed by atoms with Crippen molar-refractivity contribution < 1.29 is 15.0 Å². The molecule has 0 aromatic heterocycles. The fourth-order valence-electron chi connectivity index (χ4n) is 2.17. The zero-order valence-electron chi connectivity index (χ0n) is 11.1. The molecule has 0 saturated heterocycles. The summed E-state index contributed by atoms with van der Waals surface area (Å²) in [5.74, 6) is -0.456. The summed E-state index contributed by atoms with van der Waals surface area (Å²) in [7, 11) is 0. The Kier molecular flexibility index (Phi) is 4.95. The van der Waals surface area contributed by atoms with Crippen molar-refractivity contribution in [2.75, 3.05) is 6.54 Å². The summed E-state index contributed by atoms with van der Waals surface area (Å²) in [6.45, 7) is 6.96. The molecule has 4 heteroatoms. The molecular formula is C13H25NO3. The van der Waals surface area contributed by atoms with E-state index in [2.05, 4.69) is 26.1 Å². The standard InChI is InChI=1S/C13H25NO3/c1-9(2)10(3)14-8-13(17)6-4-11(5-7-13)12(15)16/h9-11,14,17H,4-8H2,1-3H3,(H,15,16). The second kappa shape index (κ2) is 5.83. The molecule has 0 heterocycles. The Balaban J connectivity index is 2.37. The molecule has 3 N–H and O–H groups in total. The topological polar surface area (TPSA) is 69.6 Å². The molecule has 1 unspecified atom stereocenters. The SMILES string of the molecule is CC(C)C(C)NCC1(O)CCC(C(=O)O)CC1. The van der Waals surface area contributed by atoms with Crippen LogP contribution in [0.15, 0.2) is 0 Å². The van der Waals surface area contributed by atoms with Crippen molar-refractivity contribution in [3.8, 4) is 0 Å². The van der Waals surface area contributed by atoms with Crippen LogP contribution in [0.1, 0.15) is 46.5 Å². The van der Waals surface area contributed by atoms with Crippen LogP contribution in [0, 0.1) is 11.8 Å². The summed E-state index contributed by atoms with van der Waals surface area (Å²) < 4.78 is 0. The summed E-state index contributed by atoms with van der Waals surface area (Å²) in [5.41, 5.74) is -0.713. The third-order valence-corrected chi connectivity index (χ3v) is 4.02. The van der Waals surface area contributed by atoms with Crippen molar-refractivity contribution in [1.82, 2.24) is 5.32 Å². The van der Waals surface area contributed by atoms with E-state index < -0.39 is 11.6 Å². The Morgan fingerprint density at radius 1 is 1.35 bits per heavy atom. The molecular weight excluding hydrogens is 218 g/mol. The minimum absolute atomic E-state index is 0.266. The highest BCUT2D eigenvalue weighted by molar-refractivity contribution is 5.70. The zero-order valence-corrected chi connectivity index (χ0v) is 11.1. The molecule has 1 aliphatic carbocycles. The van der Waals surface area contributed by atoms with Gasteiger partial charge in [-0.05, 0) is 38.5 Å². The van der Waals surface area contributed by atoms with Gasteiger partial charge in [0.25, 0.3) is 0 Å². The van der Waals surface area contributed by atoms with E-state index in [4.69, 9.17) is 5.11 Å². The normalized spacial score (nSPS) is 31.5. The number of carboxylic acids is 1. The molecule has 1 saturated carbocycles. The van der Waals surface area contributed by atoms with Crippen LogP contribution in [0.3, 0.4) is 0 Å². The number of nitrogens with one attached hydrogen (secondary N) is 1. The van der Waals surface area contributed by atoms with Gasteiger partial charge in [-0.3, -0.25) is 4.79 Å². The van der Waals surface area contributed by atoms with Gasteiger partial charge in [0.05, 0.1) is 11.5 Å². The van der Waals surface area contributed by atoms with Gasteiger partial charge in [-0.2, -0.15) is 0 Å². The molecule has 4 nitrogen and oxygen atoms in total. The van der Waals surface area contributed by atoms with Gasteiger partial charge in [0.2, 0.25) is 0 Å². The molecule has 1 aliphatic rings. The number of aliphatic hydroxyl groups is 1. The van der Waals surface area contributed by atoms with Gasteiger partial charge in [0.1, 0.15) is 0 Å². The first-order chi connectivity index (χ1) is 7.84. The van der Waals surface area contributed by atoms with Crippen molar-refractivity contribution in [1.29, 1.82) is 0 Å². The lowest BCUT2D eigenvalue weighted by molar-refractivity contribution is -0.144. The largest absolute Gasteiger partial charge is 0.481 e. The first-order valence-electron chi connectivity index (χ1n) is 6.52. The predicted molar refractivity (Wildman–Crippen MR) is 66.8 cm³/mol. The number of aliphatic carboxylic acids is 1. The van der Waals surface area contributed by atoms with E-state index in [1.54, 1.807) is 0 Å². The van der Waals surface area contributed by atoms with Gasteiger partial charge in [0.15, 0.2) is 0 Å². The van der Waals surface area contributed by atoms with E-state index in [9.17, 15) is 9.90 Å². The Labute approximate surface area is 103 Å². The molecule has 0 aromatic rings. The Morgan fingerprint density at radius 2 is 1.88 bits per heavy atom. The molecule has 0 amide bonds. The van der Waals surface area contributed by atoms with Gasteiger partial charge in [-0.25, -0.2) is 0 Å². The molecule has 100 valence electrons. The molecule has 0 radical (unpaired) electrons. The Morgan fingerprint density at radius 3 is 2.29 bits per heavy atom. The highest BCUT2D eigenvalue weighted by Gasteiger charge is 2.35. The molecule has 0 bridgehead atoms. The van der Waals surface area contributed by atoms with Gasteiger partial charge in [-0.1, -0.05) is 13.8 Å². The summed E-state index contributed by atoms with van der Waals surface area (Å²) in [5, 5.41) is 22.6. The smallest absolute Gasteiger partial charge is 0.306 e. The number of hydrogen-bond donors (Lipinski definition) is 3. The fraction of sp³-hybridized carbons (Fsp3) is 0.923. The van der Waals surface area contributed by atoms with E-state index in [1.807, 2.05) is 0 Å². The first-order valence-corrected chi connectivity index (χ1v) is 6.52. The highest BCUT2D eigenvalue weighted by Crippen LogP contribution is 2.31. The van der Waals surface area contributed by atoms with E-state index in [1.165, 1.54) is 0 Å². The average Bonchev–Trinajstić information content (AvgIpc) is 2.26. The lowest BCUT2D eigenvalue weighted by Crippen LogP contribution is -2.47. The Bertz CT molecular complexity index is 257. The maximum absolute atomic E-state index is 10.8. The van der Waals surface area contributed by atoms with E-state index in [0.29, 0.717) is 44.2 Å². The van der Waals surface area contributed by atoms with Crippen molar-refractivity contribution in [2.24, 2.45) is 11.8 Å². The molecule has 1 fully saturated rings. The molecule has 1 atom stereocenters. The van der Waals surface area contributed by atoms with E-state index >= 15 is 0 Å². The minimum atomic E-state index is -0.726. The number of hydrogen-bond acceptors (Lipinski definition) is 3. The minimum Gasteiger partial charge on any atom is -0.481 e. The van der Waals surface area contributed by atoms with Crippen LogP contribution in [0.5, 0.6) is 0 Å². The second-order valence-corrected chi connectivity index (χ2v) is 5.75. The van der Waals surface area contributed by atoms with Crippen LogP contribution in [0.4, 0.5) is 0 Å². The third kappa shape index (κ3) is 4.28. The second-order valence-electron chi connectivity index (χ2n) is 5.75. The molecule has 17 heavy (non-hydrogen) atoms. The summed E-state index contributed by atoms with van der Waals surface area (Å²) in [6.07, 6.45) is 2.34. The molecule has 0 aromatic carbocycles. The lowest BCUT2D eigenvalue weighted by Gasteiger charge is -2.36. The van der Waals surface area contributed by atoms with Gasteiger partial charge < -0.3 is 15.5 Å². The highest BCUT2D eigenvalue weighted by atomic mass is 16.4. The Hall–Kier alpha value is -0.610. The predicted octanol–water partition coefficient (Wildman–Crippen LogP) is 1.63. The lowest BCUT2D eigenvalue weighted by atomic mass is 9.78. The van der Waals surface area contributed by atoms with Crippen molar-refractivity contribution >= 4 is 5.97 Å². The van der Waals surface area contributed by atoms with Crippen molar-refractivity contribution in [3.63, 3.8) is 0 Å². The maximum Gasteiger partial charge on any atom is 0.306 e. The number of carboxylic acid groups (broad SMARTS) is 1. The van der Waals surface area contributed by atoms with Crippen LogP contribution >= 0.6 is 0 Å². The molecule has 0 spiro atoms. The van der Waals surface area contributed by atoms with Gasteiger partial charge in [-0.15, -0.1) is 0 Å². The van der Waals surface area contributed by atoms with Crippen LogP contribution in [0.25, 0.3) is 0 Å². The van der Waals surface area contributed by atoms with Gasteiger partial charge in [0, 0.05) is 12.6 Å². The first kappa shape index (κ1) is 14.5. The van der Waals surface area contributed by atoms with Crippen LogP contribution < -0.4 is 5.32 Å². The quantitative estimate of drug-likeness (QED) is 0.686. The van der Waals surface area contributed by atoms with Crippen LogP contribution in [0.2, 0.25) is 0 Å². The summed E-state index contributed by atoms with van der Waals surface area (Å²) in [6, 6.07) is 0.372. The zero-order chi connectivity index (χ0) is 13.1.